The van der Waals surface area contributed by atoms with Crippen LogP contribution in [0.4, 0.5) is 14.5 Å². The van der Waals surface area contributed by atoms with Gasteiger partial charge in [0.25, 0.3) is 6.08 Å². The Bertz CT molecular complexity index is 428. The molecule has 0 radical (unpaired) electrons. The molecule has 2 nitrogen and oxygen atoms in total. The maximum atomic E-state index is 11.7. The van der Waals surface area contributed by atoms with Gasteiger partial charge in [0.15, 0.2) is 0 Å². The maximum absolute atomic E-state index is 11.7. The minimum atomic E-state index is -1.64. The van der Waals surface area contributed by atoms with Crippen molar-refractivity contribution in [2.24, 2.45) is 0 Å². The number of halogens is 3. The molecule has 0 aliphatic carbocycles. The Hall–Kier alpha value is -1.42. The number of hydrogen-bond donors (Lipinski definition) is 1. The highest BCUT2D eigenvalue weighted by Gasteiger charge is 2.02. The number of benzene rings is 1. The molecule has 0 fully saturated rings. The fourth-order valence-electron chi connectivity index (χ4n) is 1.57. The van der Waals surface area contributed by atoms with Crippen LogP contribution in [0.5, 0.6) is 0 Å². The predicted octanol–water partition coefficient (Wildman–Crippen LogP) is 5.01. The molecule has 0 aromatic heterocycles. The van der Waals surface area contributed by atoms with Gasteiger partial charge < -0.3 is 5.32 Å². The van der Waals surface area contributed by atoms with Crippen molar-refractivity contribution in [3.63, 3.8) is 0 Å². The molecule has 1 rings (SSSR count). The maximum Gasteiger partial charge on any atom is 0.266 e. The van der Waals surface area contributed by atoms with Crippen molar-refractivity contribution in [1.82, 2.24) is 0 Å². The van der Waals surface area contributed by atoms with Crippen molar-refractivity contribution in [2.45, 2.75) is 32.1 Å². The standard InChI is InChI=1S/C14H16ClF2NO/c15-11-7-9-12(10-8-11)18-14(19)6-4-2-1-3-5-13(16)17/h5,7-10H,1-4,6H2,(H,18,19). The summed E-state index contributed by atoms with van der Waals surface area (Å²) in [5.74, 6) is -0.0745. The lowest BCUT2D eigenvalue weighted by Crippen LogP contribution is -2.10. The molecule has 0 aliphatic heterocycles. The number of unbranched alkanes of at least 4 members (excludes halogenated alkanes) is 3. The summed E-state index contributed by atoms with van der Waals surface area (Å²) in [5, 5.41) is 3.37. The van der Waals surface area contributed by atoms with Crippen molar-refractivity contribution in [3.05, 3.63) is 41.4 Å². The van der Waals surface area contributed by atoms with Gasteiger partial charge in [-0.3, -0.25) is 4.79 Å². The summed E-state index contributed by atoms with van der Waals surface area (Å²) in [4.78, 5) is 11.6. The van der Waals surface area contributed by atoms with E-state index >= 15 is 0 Å². The van der Waals surface area contributed by atoms with E-state index in [1.807, 2.05) is 0 Å². The van der Waals surface area contributed by atoms with Crippen LogP contribution in [-0.2, 0) is 4.79 Å². The quantitative estimate of drug-likeness (QED) is 0.702. The van der Waals surface area contributed by atoms with E-state index in [0.717, 1.165) is 12.5 Å². The van der Waals surface area contributed by atoms with Crippen molar-refractivity contribution in [3.8, 4) is 0 Å². The average Bonchev–Trinajstić information content (AvgIpc) is 2.36. The Balaban J connectivity index is 2.14. The fourth-order valence-corrected chi connectivity index (χ4v) is 1.70. The van der Waals surface area contributed by atoms with Crippen LogP contribution < -0.4 is 5.32 Å². The van der Waals surface area contributed by atoms with Gasteiger partial charge in [0.05, 0.1) is 0 Å². The van der Waals surface area contributed by atoms with Crippen molar-refractivity contribution < 1.29 is 13.6 Å². The predicted molar refractivity (Wildman–Crippen MR) is 73.5 cm³/mol. The van der Waals surface area contributed by atoms with E-state index in [9.17, 15) is 13.6 Å². The third kappa shape index (κ3) is 7.57. The van der Waals surface area contributed by atoms with Crippen molar-refractivity contribution >= 4 is 23.2 Å². The number of anilines is 1. The van der Waals surface area contributed by atoms with E-state index in [1.165, 1.54) is 0 Å². The number of allylic oxidation sites excluding steroid dienone is 1. The van der Waals surface area contributed by atoms with Crippen LogP contribution in [-0.4, -0.2) is 5.91 Å². The fraction of sp³-hybridized carbons (Fsp3) is 0.357. The lowest BCUT2D eigenvalue weighted by atomic mass is 10.1. The van der Waals surface area contributed by atoms with Crippen LogP contribution in [0.2, 0.25) is 5.02 Å². The minimum absolute atomic E-state index is 0.0745. The van der Waals surface area contributed by atoms with Crippen LogP contribution in [0, 0.1) is 0 Å². The molecule has 0 unspecified atom stereocenters. The van der Waals surface area contributed by atoms with Crippen LogP contribution >= 0.6 is 11.6 Å². The molecule has 0 aliphatic rings. The summed E-state index contributed by atoms with van der Waals surface area (Å²) < 4.78 is 23.5. The summed E-state index contributed by atoms with van der Waals surface area (Å²) in [6.45, 7) is 0. The Kier molecular flexibility index (Phi) is 7.11. The van der Waals surface area contributed by atoms with Gasteiger partial charge in [-0.15, -0.1) is 0 Å². The van der Waals surface area contributed by atoms with Gasteiger partial charge in [0, 0.05) is 17.1 Å². The SMILES string of the molecule is O=C(CCCCCC=C(F)F)Nc1ccc(Cl)cc1. The molecule has 104 valence electrons. The highest BCUT2D eigenvalue weighted by atomic mass is 35.5. The number of carbonyl (C=O) groups is 1. The molecule has 5 heteroatoms. The smallest absolute Gasteiger partial charge is 0.266 e. The summed E-state index contributed by atoms with van der Waals surface area (Å²) in [7, 11) is 0. The summed E-state index contributed by atoms with van der Waals surface area (Å²) in [6, 6.07) is 6.87. The molecule has 1 N–H and O–H groups in total. The normalized spacial score (nSPS) is 10.1. The number of carbonyl (C=O) groups excluding carboxylic acids is 1. The number of amides is 1. The first kappa shape index (κ1) is 15.6. The third-order valence-electron chi connectivity index (χ3n) is 2.53. The molecule has 0 heterocycles. The van der Waals surface area contributed by atoms with Gasteiger partial charge in [0.1, 0.15) is 0 Å². The van der Waals surface area contributed by atoms with Crippen LogP contribution in [0.25, 0.3) is 0 Å². The van der Waals surface area contributed by atoms with Gasteiger partial charge in [-0.1, -0.05) is 18.0 Å². The first-order valence-corrected chi connectivity index (χ1v) is 6.52. The van der Waals surface area contributed by atoms with Crippen molar-refractivity contribution in [1.29, 1.82) is 0 Å². The zero-order valence-electron chi connectivity index (χ0n) is 10.5. The molecule has 0 saturated heterocycles. The van der Waals surface area contributed by atoms with E-state index in [1.54, 1.807) is 24.3 Å². The molecule has 0 saturated carbocycles. The second kappa shape index (κ2) is 8.64. The number of rotatable bonds is 7. The van der Waals surface area contributed by atoms with Crippen molar-refractivity contribution in [2.75, 3.05) is 5.32 Å². The topological polar surface area (TPSA) is 29.1 Å². The van der Waals surface area contributed by atoms with Gasteiger partial charge >= 0.3 is 0 Å². The average molecular weight is 288 g/mol. The Morgan fingerprint density at radius 2 is 1.84 bits per heavy atom. The Morgan fingerprint density at radius 3 is 2.47 bits per heavy atom. The van der Waals surface area contributed by atoms with Crippen LogP contribution in [0.15, 0.2) is 36.4 Å². The highest BCUT2D eigenvalue weighted by Crippen LogP contribution is 2.14. The summed E-state index contributed by atoms with van der Waals surface area (Å²) >= 11 is 5.73. The molecule has 0 atom stereocenters. The van der Waals surface area contributed by atoms with E-state index in [2.05, 4.69) is 5.32 Å². The van der Waals surface area contributed by atoms with E-state index in [0.29, 0.717) is 36.4 Å². The third-order valence-corrected chi connectivity index (χ3v) is 2.79. The number of nitrogens with one attached hydrogen (secondary N) is 1. The zero-order chi connectivity index (χ0) is 14.1. The second-order valence-corrected chi connectivity index (χ2v) is 4.58. The van der Waals surface area contributed by atoms with Gasteiger partial charge in [0.2, 0.25) is 5.91 Å². The van der Waals surface area contributed by atoms with E-state index in [-0.39, 0.29) is 5.91 Å². The summed E-state index contributed by atoms with van der Waals surface area (Å²) in [5.41, 5.74) is 0.705. The lowest BCUT2D eigenvalue weighted by Gasteiger charge is -2.04. The molecular weight excluding hydrogens is 272 g/mol. The molecule has 1 amide bonds. The Labute approximate surface area is 116 Å². The second-order valence-electron chi connectivity index (χ2n) is 4.15. The van der Waals surface area contributed by atoms with E-state index in [4.69, 9.17) is 11.6 Å². The molecular formula is C14H16ClF2NO. The largest absolute Gasteiger partial charge is 0.326 e. The number of hydrogen-bond acceptors (Lipinski definition) is 1. The highest BCUT2D eigenvalue weighted by molar-refractivity contribution is 6.30. The monoisotopic (exact) mass is 287 g/mol. The van der Waals surface area contributed by atoms with Gasteiger partial charge in [-0.2, -0.15) is 8.78 Å². The molecule has 0 bridgehead atoms. The molecule has 1 aromatic rings. The zero-order valence-corrected chi connectivity index (χ0v) is 11.2. The van der Waals surface area contributed by atoms with Crippen LogP contribution in [0.1, 0.15) is 32.1 Å². The summed E-state index contributed by atoms with van der Waals surface area (Å²) in [6.07, 6.45) is 2.16. The molecule has 19 heavy (non-hydrogen) atoms. The van der Waals surface area contributed by atoms with Crippen LogP contribution in [0.3, 0.4) is 0 Å². The minimum Gasteiger partial charge on any atom is -0.326 e. The lowest BCUT2D eigenvalue weighted by molar-refractivity contribution is -0.116. The first-order chi connectivity index (χ1) is 9.08. The molecule has 0 spiro atoms. The van der Waals surface area contributed by atoms with E-state index < -0.39 is 6.08 Å². The van der Waals surface area contributed by atoms with Gasteiger partial charge in [-0.05, 0) is 49.6 Å². The first-order valence-electron chi connectivity index (χ1n) is 6.14. The Morgan fingerprint density at radius 1 is 1.16 bits per heavy atom. The van der Waals surface area contributed by atoms with Gasteiger partial charge in [-0.25, -0.2) is 0 Å². The molecule has 1 aromatic carbocycles.